The lowest BCUT2D eigenvalue weighted by Crippen LogP contribution is -2.32. The molecule has 0 bridgehead atoms. The fraction of sp³-hybridized carbons (Fsp3) is 1.00. The van der Waals surface area contributed by atoms with E-state index < -0.39 is 0 Å². The van der Waals surface area contributed by atoms with Crippen molar-refractivity contribution < 1.29 is 10.2 Å². The van der Waals surface area contributed by atoms with Gasteiger partial charge in [-0.2, -0.15) is 0 Å². The second-order valence-electron chi connectivity index (χ2n) is 5.89. The van der Waals surface area contributed by atoms with Gasteiger partial charge >= 0.3 is 0 Å². The zero-order valence-electron chi connectivity index (χ0n) is 10.6. The quantitative estimate of drug-likeness (QED) is 0.773. The van der Waals surface area contributed by atoms with Crippen molar-refractivity contribution in [2.75, 3.05) is 0 Å². The molecule has 2 aliphatic rings. The Bertz CT molecular complexity index is 207. The van der Waals surface area contributed by atoms with Crippen molar-refractivity contribution in [3.8, 4) is 0 Å². The number of hydrogen-bond acceptors (Lipinski definition) is 2. The van der Waals surface area contributed by atoms with Crippen LogP contribution in [0, 0.1) is 23.7 Å². The third kappa shape index (κ3) is 2.02. The van der Waals surface area contributed by atoms with Crippen molar-refractivity contribution >= 4 is 0 Å². The molecule has 0 aliphatic heterocycles. The lowest BCUT2D eigenvalue weighted by atomic mass is 9.89. The first-order valence-corrected chi connectivity index (χ1v) is 7.05. The summed E-state index contributed by atoms with van der Waals surface area (Å²) in [4.78, 5) is 0. The minimum absolute atomic E-state index is 0.188. The van der Waals surface area contributed by atoms with Crippen molar-refractivity contribution in [3.05, 3.63) is 0 Å². The van der Waals surface area contributed by atoms with Crippen LogP contribution in [-0.4, -0.2) is 22.4 Å². The molecule has 16 heavy (non-hydrogen) atoms. The molecule has 0 aromatic rings. The fourth-order valence-electron chi connectivity index (χ4n) is 4.17. The smallest absolute Gasteiger partial charge is 0.0624 e. The minimum atomic E-state index is -0.234. The largest absolute Gasteiger partial charge is 0.392 e. The van der Waals surface area contributed by atoms with E-state index in [0.717, 1.165) is 38.5 Å². The van der Waals surface area contributed by atoms with Crippen LogP contribution in [0.4, 0.5) is 0 Å². The van der Waals surface area contributed by atoms with Crippen LogP contribution in [0.2, 0.25) is 0 Å². The van der Waals surface area contributed by atoms with Crippen LogP contribution in [0.15, 0.2) is 0 Å². The molecule has 2 N–H and O–H groups in total. The van der Waals surface area contributed by atoms with Gasteiger partial charge in [0.25, 0.3) is 0 Å². The zero-order chi connectivity index (χ0) is 11.7. The third-order valence-electron chi connectivity index (χ3n) is 4.83. The SMILES string of the molecule is CCC[C@@H]1CC2C[C@H](CCC)C(O)C2C1O. The molecule has 94 valence electrons. The highest BCUT2D eigenvalue weighted by molar-refractivity contribution is 5.01. The van der Waals surface area contributed by atoms with Gasteiger partial charge in [0.15, 0.2) is 0 Å². The van der Waals surface area contributed by atoms with Gasteiger partial charge in [-0.15, -0.1) is 0 Å². The Morgan fingerprint density at radius 1 is 0.875 bits per heavy atom. The molecular weight excluding hydrogens is 200 g/mol. The number of hydrogen-bond donors (Lipinski definition) is 2. The summed E-state index contributed by atoms with van der Waals surface area (Å²) in [6.45, 7) is 4.36. The Labute approximate surface area is 99.1 Å². The van der Waals surface area contributed by atoms with Crippen molar-refractivity contribution in [2.24, 2.45) is 23.7 Å². The van der Waals surface area contributed by atoms with Crippen molar-refractivity contribution in [3.63, 3.8) is 0 Å². The maximum atomic E-state index is 10.3. The summed E-state index contributed by atoms with van der Waals surface area (Å²) in [7, 11) is 0. The van der Waals surface area contributed by atoms with E-state index in [1.807, 2.05) is 0 Å². The Morgan fingerprint density at radius 3 is 1.62 bits per heavy atom. The highest BCUT2D eigenvalue weighted by Crippen LogP contribution is 2.51. The molecule has 0 radical (unpaired) electrons. The van der Waals surface area contributed by atoms with E-state index >= 15 is 0 Å². The first-order valence-electron chi connectivity index (χ1n) is 7.05. The van der Waals surface area contributed by atoms with E-state index in [1.54, 1.807) is 0 Å². The molecule has 2 fully saturated rings. The fourth-order valence-corrected chi connectivity index (χ4v) is 4.17. The zero-order valence-corrected chi connectivity index (χ0v) is 10.6. The van der Waals surface area contributed by atoms with Crippen molar-refractivity contribution in [2.45, 2.75) is 64.6 Å². The summed E-state index contributed by atoms with van der Waals surface area (Å²) in [6, 6.07) is 0. The van der Waals surface area contributed by atoms with Crippen LogP contribution in [0.25, 0.3) is 0 Å². The predicted octanol–water partition coefficient (Wildman–Crippen LogP) is 2.58. The molecule has 4 unspecified atom stereocenters. The molecular formula is C14H26O2. The topological polar surface area (TPSA) is 40.5 Å². The number of aliphatic hydroxyl groups excluding tert-OH is 2. The summed E-state index contributed by atoms with van der Waals surface area (Å²) in [5.41, 5.74) is 0. The Morgan fingerprint density at radius 2 is 1.31 bits per heavy atom. The normalized spacial score (nSPS) is 47.2. The summed E-state index contributed by atoms with van der Waals surface area (Å²) < 4.78 is 0. The van der Waals surface area contributed by atoms with Gasteiger partial charge in [0.05, 0.1) is 12.2 Å². The molecule has 2 saturated carbocycles. The predicted molar refractivity (Wildman–Crippen MR) is 65.0 cm³/mol. The highest BCUT2D eigenvalue weighted by Gasteiger charge is 2.52. The van der Waals surface area contributed by atoms with E-state index in [4.69, 9.17) is 0 Å². The molecule has 0 amide bonds. The van der Waals surface area contributed by atoms with Gasteiger partial charge in [0.1, 0.15) is 0 Å². The first-order chi connectivity index (χ1) is 7.69. The molecule has 0 saturated heterocycles. The standard InChI is InChI=1S/C14H26O2/c1-3-5-9-7-11-8-10(6-4-2)14(16)12(11)13(9)15/h9-16H,3-8H2,1-2H3/t9-,10+,11?,12?,13?,14?. The molecule has 0 aromatic heterocycles. The summed E-state index contributed by atoms with van der Waals surface area (Å²) >= 11 is 0. The van der Waals surface area contributed by atoms with Crippen molar-refractivity contribution in [1.82, 2.24) is 0 Å². The van der Waals surface area contributed by atoms with Gasteiger partial charge in [-0.05, 0) is 43.4 Å². The molecule has 2 rings (SSSR count). The maximum Gasteiger partial charge on any atom is 0.0624 e. The van der Waals surface area contributed by atoms with Gasteiger partial charge in [0, 0.05) is 5.92 Å². The summed E-state index contributed by atoms with van der Waals surface area (Å²) in [6.07, 6.45) is 6.38. The van der Waals surface area contributed by atoms with E-state index in [2.05, 4.69) is 13.8 Å². The van der Waals surface area contributed by atoms with Crippen LogP contribution >= 0.6 is 0 Å². The van der Waals surface area contributed by atoms with Crippen LogP contribution < -0.4 is 0 Å². The van der Waals surface area contributed by atoms with E-state index in [9.17, 15) is 10.2 Å². The monoisotopic (exact) mass is 226 g/mol. The molecule has 0 spiro atoms. The van der Waals surface area contributed by atoms with E-state index in [0.29, 0.717) is 17.8 Å². The molecule has 2 nitrogen and oxygen atoms in total. The molecule has 0 aromatic carbocycles. The molecule has 0 heterocycles. The van der Waals surface area contributed by atoms with E-state index in [-0.39, 0.29) is 18.1 Å². The molecule has 2 heteroatoms. The van der Waals surface area contributed by atoms with Gasteiger partial charge in [-0.3, -0.25) is 0 Å². The first kappa shape index (κ1) is 12.4. The Balaban J connectivity index is 1.98. The number of rotatable bonds is 4. The Kier molecular flexibility index (Phi) is 3.91. The summed E-state index contributed by atoms with van der Waals surface area (Å²) in [5.74, 6) is 1.70. The summed E-state index contributed by atoms with van der Waals surface area (Å²) in [5, 5.41) is 20.6. The lowest BCUT2D eigenvalue weighted by molar-refractivity contribution is 0.00137. The van der Waals surface area contributed by atoms with Gasteiger partial charge in [-0.25, -0.2) is 0 Å². The average molecular weight is 226 g/mol. The third-order valence-corrected chi connectivity index (χ3v) is 4.83. The minimum Gasteiger partial charge on any atom is -0.392 e. The van der Waals surface area contributed by atoms with E-state index in [1.165, 1.54) is 0 Å². The second kappa shape index (κ2) is 5.05. The van der Waals surface area contributed by atoms with Crippen molar-refractivity contribution in [1.29, 1.82) is 0 Å². The highest BCUT2D eigenvalue weighted by atomic mass is 16.3. The van der Waals surface area contributed by atoms with Gasteiger partial charge in [-0.1, -0.05) is 26.7 Å². The van der Waals surface area contributed by atoms with Crippen LogP contribution in [0.3, 0.4) is 0 Å². The van der Waals surface area contributed by atoms with Crippen LogP contribution in [0.5, 0.6) is 0 Å². The van der Waals surface area contributed by atoms with Gasteiger partial charge in [0.2, 0.25) is 0 Å². The lowest BCUT2D eigenvalue weighted by Gasteiger charge is -2.24. The molecule has 6 atom stereocenters. The second-order valence-corrected chi connectivity index (χ2v) is 5.89. The average Bonchev–Trinajstić information content (AvgIpc) is 2.70. The van der Waals surface area contributed by atoms with Crippen LogP contribution in [0.1, 0.15) is 52.4 Å². The number of fused-ring (bicyclic) bond motifs is 1. The number of aliphatic hydroxyl groups is 2. The Hall–Kier alpha value is -0.0800. The molecule has 2 aliphatic carbocycles. The van der Waals surface area contributed by atoms with Gasteiger partial charge < -0.3 is 10.2 Å². The van der Waals surface area contributed by atoms with Crippen LogP contribution in [-0.2, 0) is 0 Å². The maximum absolute atomic E-state index is 10.3.